The summed E-state index contributed by atoms with van der Waals surface area (Å²) >= 11 is 0. The van der Waals surface area contributed by atoms with Crippen LogP contribution < -0.4 is 5.46 Å². The first-order valence-electron chi connectivity index (χ1n) is 9.78. The van der Waals surface area contributed by atoms with Crippen molar-refractivity contribution in [3.63, 3.8) is 0 Å². The second kappa shape index (κ2) is 7.06. The van der Waals surface area contributed by atoms with Gasteiger partial charge in [0.1, 0.15) is 0 Å². The zero-order valence-electron chi connectivity index (χ0n) is 17.1. The Kier molecular flexibility index (Phi) is 4.85. The highest BCUT2D eigenvalue weighted by atomic mass is 31.0. The van der Waals surface area contributed by atoms with Crippen LogP contribution in [-0.4, -0.2) is 22.8 Å². The molecule has 0 saturated heterocycles. The molecule has 1 heterocycles. The standard InChI is InChI=1S/C24H27BNOP/c1-23(2,24(3,4)28)27-25-17-10-9-11-18(16-17)26-21-14-7-5-12-19(21)20-13-6-8-15-22(20)26/h5-16,25H,28H2,1-4H3. The van der Waals surface area contributed by atoms with Crippen LogP contribution in [0.3, 0.4) is 0 Å². The van der Waals surface area contributed by atoms with E-state index >= 15 is 0 Å². The molecule has 142 valence electrons. The number of para-hydroxylation sites is 2. The van der Waals surface area contributed by atoms with Crippen LogP contribution in [0.15, 0.2) is 72.8 Å². The van der Waals surface area contributed by atoms with Gasteiger partial charge in [0.2, 0.25) is 0 Å². The zero-order valence-corrected chi connectivity index (χ0v) is 18.2. The van der Waals surface area contributed by atoms with E-state index in [2.05, 4.69) is 114 Å². The third-order valence-electron chi connectivity index (χ3n) is 5.90. The summed E-state index contributed by atoms with van der Waals surface area (Å²) in [5.41, 5.74) is 4.57. The Bertz CT molecular complexity index is 1090. The van der Waals surface area contributed by atoms with Crippen LogP contribution in [-0.2, 0) is 4.65 Å². The third-order valence-corrected chi connectivity index (χ3v) is 6.60. The Morgan fingerprint density at radius 1 is 0.786 bits per heavy atom. The van der Waals surface area contributed by atoms with Crippen molar-refractivity contribution < 1.29 is 4.65 Å². The van der Waals surface area contributed by atoms with Crippen LogP contribution in [0.25, 0.3) is 27.5 Å². The largest absolute Gasteiger partial charge is 0.429 e. The number of fused-ring (bicyclic) bond motifs is 3. The lowest BCUT2D eigenvalue weighted by Gasteiger charge is -2.39. The normalized spacial score (nSPS) is 12.6. The molecule has 0 aliphatic rings. The molecular formula is C24H27BNOP. The summed E-state index contributed by atoms with van der Waals surface area (Å²) in [6.45, 7) is 8.67. The van der Waals surface area contributed by atoms with Crippen LogP contribution in [0.1, 0.15) is 27.7 Å². The van der Waals surface area contributed by atoms with E-state index in [-0.39, 0.29) is 10.8 Å². The fourth-order valence-corrected chi connectivity index (χ4v) is 3.52. The van der Waals surface area contributed by atoms with Crippen molar-refractivity contribution in [2.75, 3.05) is 0 Å². The highest BCUT2D eigenvalue weighted by Gasteiger charge is 2.33. The van der Waals surface area contributed by atoms with Gasteiger partial charge < -0.3 is 9.22 Å². The summed E-state index contributed by atoms with van der Waals surface area (Å²) in [7, 11) is 3.49. The summed E-state index contributed by atoms with van der Waals surface area (Å²) in [5, 5.41) is 2.56. The molecule has 1 unspecified atom stereocenters. The minimum absolute atomic E-state index is 0.00254. The van der Waals surface area contributed by atoms with E-state index in [4.69, 9.17) is 4.65 Å². The number of rotatable bonds is 5. The maximum Gasteiger partial charge on any atom is 0.309 e. The van der Waals surface area contributed by atoms with E-state index in [1.54, 1.807) is 0 Å². The fraction of sp³-hybridized carbons (Fsp3) is 0.250. The minimum Gasteiger partial charge on any atom is -0.429 e. The molecule has 0 N–H and O–H groups in total. The molecule has 2 nitrogen and oxygen atoms in total. The molecule has 0 spiro atoms. The molecule has 4 heteroatoms. The van der Waals surface area contributed by atoms with Crippen molar-refractivity contribution in [1.29, 1.82) is 0 Å². The molecule has 0 amide bonds. The zero-order chi connectivity index (χ0) is 19.9. The van der Waals surface area contributed by atoms with Crippen LogP contribution in [0.5, 0.6) is 0 Å². The van der Waals surface area contributed by atoms with Crippen LogP contribution in [0.2, 0.25) is 0 Å². The Labute approximate surface area is 170 Å². The molecule has 0 saturated carbocycles. The number of benzene rings is 3. The van der Waals surface area contributed by atoms with Crippen molar-refractivity contribution in [3.05, 3.63) is 72.8 Å². The first kappa shape index (κ1) is 19.2. The predicted octanol–water partition coefficient (Wildman–Crippen LogP) is 5.21. The van der Waals surface area contributed by atoms with Gasteiger partial charge >= 0.3 is 7.48 Å². The SMILES string of the molecule is CC(C)(P)C(C)(C)OBc1cccc(-n2c3ccccc3c3ccccc32)c1. The average Bonchev–Trinajstić information content (AvgIpc) is 3.00. The van der Waals surface area contributed by atoms with E-state index in [0.717, 1.165) is 0 Å². The smallest absolute Gasteiger partial charge is 0.309 e. The summed E-state index contributed by atoms with van der Waals surface area (Å²) in [6, 6.07) is 25.9. The highest BCUT2D eigenvalue weighted by molar-refractivity contribution is 7.19. The van der Waals surface area contributed by atoms with Gasteiger partial charge in [-0.2, -0.15) is 0 Å². The third kappa shape index (κ3) is 3.38. The van der Waals surface area contributed by atoms with E-state index in [1.165, 1.54) is 33.0 Å². The van der Waals surface area contributed by atoms with Crippen LogP contribution in [0, 0.1) is 0 Å². The molecule has 4 aromatic rings. The van der Waals surface area contributed by atoms with Gasteiger partial charge in [-0.25, -0.2) is 0 Å². The molecule has 28 heavy (non-hydrogen) atoms. The Balaban J connectivity index is 1.76. The van der Waals surface area contributed by atoms with Gasteiger partial charge in [0.25, 0.3) is 0 Å². The number of aromatic nitrogens is 1. The molecule has 0 bridgehead atoms. The first-order valence-corrected chi connectivity index (χ1v) is 10.4. The fourth-order valence-electron chi connectivity index (χ4n) is 3.44. The molecule has 3 aromatic carbocycles. The number of hydrogen-bond donors (Lipinski definition) is 0. The molecule has 0 aliphatic heterocycles. The molecule has 1 atom stereocenters. The molecule has 0 fully saturated rings. The van der Waals surface area contributed by atoms with E-state index in [1.807, 2.05) is 0 Å². The summed E-state index contributed by atoms with van der Waals surface area (Å²) < 4.78 is 8.64. The summed E-state index contributed by atoms with van der Waals surface area (Å²) in [5.74, 6) is 0. The number of hydrogen-bond acceptors (Lipinski definition) is 1. The van der Waals surface area contributed by atoms with E-state index in [9.17, 15) is 0 Å². The Morgan fingerprint density at radius 2 is 1.36 bits per heavy atom. The van der Waals surface area contributed by atoms with Crippen molar-refractivity contribution in [2.45, 2.75) is 38.5 Å². The first-order chi connectivity index (χ1) is 13.3. The topological polar surface area (TPSA) is 14.2 Å². The lowest BCUT2D eigenvalue weighted by atomic mass is 9.84. The monoisotopic (exact) mass is 387 g/mol. The molecule has 0 aliphatic carbocycles. The van der Waals surface area contributed by atoms with Gasteiger partial charge in [0.05, 0.1) is 16.6 Å². The molecular weight excluding hydrogens is 360 g/mol. The van der Waals surface area contributed by atoms with E-state index in [0.29, 0.717) is 7.48 Å². The average molecular weight is 387 g/mol. The van der Waals surface area contributed by atoms with Gasteiger partial charge in [-0.15, -0.1) is 9.24 Å². The molecule has 1 aromatic heterocycles. The number of nitrogens with zero attached hydrogens (tertiary/aromatic N) is 1. The quantitative estimate of drug-likeness (QED) is 0.339. The maximum absolute atomic E-state index is 6.30. The van der Waals surface area contributed by atoms with Crippen LogP contribution in [0.4, 0.5) is 0 Å². The predicted molar refractivity (Wildman–Crippen MR) is 127 cm³/mol. The van der Waals surface area contributed by atoms with Crippen molar-refractivity contribution in [2.24, 2.45) is 0 Å². The lowest BCUT2D eigenvalue weighted by Crippen LogP contribution is -2.45. The maximum atomic E-state index is 6.30. The van der Waals surface area contributed by atoms with Crippen molar-refractivity contribution in [3.8, 4) is 5.69 Å². The van der Waals surface area contributed by atoms with Crippen molar-refractivity contribution in [1.82, 2.24) is 4.57 Å². The molecule has 4 rings (SSSR count). The molecule has 0 radical (unpaired) electrons. The van der Waals surface area contributed by atoms with Gasteiger partial charge in [-0.3, -0.25) is 0 Å². The summed E-state index contributed by atoms with van der Waals surface area (Å²) in [6.07, 6.45) is 0. The second-order valence-electron chi connectivity index (χ2n) is 8.56. The lowest BCUT2D eigenvalue weighted by molar-refractivity contribution is 0.0841. The van der Waals surface area contributed by atoms with Crippen molar-refractivity contribution >= 4 is 44.0 Å². The second-order valence-corrected chi connectivity index (χ2v) is 10.0. The summed E-state index contributed by atoms with van der Waals surface area (Å²) in [4.78, 5) is 0. The van der Waals surface area contributed by atoms with Gasteiger partial charge in [0.15, 0.2) is 0 Å². The van der Waals surface area contributed by atoms with Crippen LogP contribution >= 0.6 is 9.24 Å². The van der Waals surface area contributed by atoms with E-state index < -0.39 is 0 Å². The highest BCUT2D eigenvalue weighted by Crippen LogP contribution is 2.33. The Hall–Kier alpha value is -2.09. The minimum atomic E-state index is -0.236. The van der Waals surface area contributed by atoms with Gasteiger partial charge in [0, 0.05) is 21.6 Å². The van der Waals surface area contributed by atoms with Gasteiger partial charge in [-0.05, 0) is 38.1 Å². The van der Waals surface area contributed by atoms with Gasteiger partial charge in [-0.1, -0.05) is 67.8 Å². The Morgan fingerprint density at radius 3 is 1.93 bits per heavy atom.